The average Bonchev–Trinajstić information content (AvgIpc) is 2.43. The zero-order valence-electron chi connectivity index (χ0n) is 11.3. The molecule has 102 valence electrons. The number of alkyl halides is 1. The van der Waals surface area contributed by atoms with E-state index in [9.17, 15) is 0 Å². The SMILES string of the molecule is Cc1nc2ccccc2nc1NCCCCCCCl. The molecular weight excluding hydrogens is 258 g/mol. The third kappa shape index (κ3) is 4.06. The molecule has 2 rings (SSSR count). The van der Waals surface area contributed by atoms with E-state index < -0.39 is 0 Å². The van der Waals surface area contributed by atoms with E-state index in [-0.39, 0.29) is 0 Å². The summed E-state index contributed by atoms with van der Waals surface area (Å²) in [5.74, 6) is 1.67. The van der Waals surface area contributed by atoms with Crippen molar-refractivity contribution in [1.29, 1.82) is 0 Å². The molecule has 0 saturated heterocycles. The first-order chi connectivity index (χ1) is 9.31. The maximum atomic E-state index is 5.65. The van der Waals surface area contributed by atoms with E-state index in [2.05, 4.69) is 15.3 Å². The number of hydrogen-bond acceptors (Lipinski definition) is 3. The molecule has 0 amide bonds. The van der Waals surface area contributed by atoms with E-state index in [0.717, 1.165) is 47.8 Å². The summed E-state index contributed by atoms with van der Waals surface area (Å²) >= 11 is 5.65. The summed E-state index contributed by atoms with van der Waals surface area (Å²) in [5, 5.41) is 3.38. The molecular formula is C15H20ClN3. The topological polar surface area (TPSA) is 37.8 Å². The molecule has 1 aromatic carbocycles. The fourth-order valence-electron chi connectivity index (χ4n) is 2.04. The van der Waals surface area contributed by atoms with Crippen molar-refractivity contribution in [3.05, 3.63) is 30.0 Å². The number of unbranched alkanes of at least 4 members (excludes halogenated alkanes) is 3. The van der Waals surface area contributed by atoms with Crippen molar-refractivity contribution in [2.75, 3.05) is 17.7 Å². The summed E-state index contributed by atoms with van der Waals surface area (Å²) in [6.07, 6.45) is 4.66. The minimum Gasteiger partial charge on any atom is -0.369 e. The number of para-hydroxylation sites is 2. The molecule has 0 saturated carbocycles. The van der Waals surface area contributed by atoms with Crippen LogP contribution < -0.4 is 5.32 Å². The number of benzene rings is 1. The van der Waals surface area contributed by atoms with Gasteiger partial charge in [0.2, 0.25) is 0 Å². The van der Waals surface area contributed by atoms with Gasteiger partial charge < -0.3 is 5.32 Å². The van der Waals surface area contributed by atoms with Gasteiger partial charge in [-0.25, -0.2) is 9.97 Å². The fourth-order valence-corrected chi connectivity index (χ4v) is 2.22. The van der Waals surface area contributed by atoms with E-state index in [4.69, 9.17) is 11.6 Å². The molecule has 0 aliphatic rings. The van der Waals surface area contributed by atoms with Gasteiger partial charge in [-0.05, 0) is 31.9 Å². The monoisotopic (exact) mass is 277 g/mol. The van der Waals surface area contributed by atoms with Gasteiger partial charge in [0.1, 0.15) is 5.82 Å². The Morgan fingerprint density at radius 2 is 1.68 bits per heavy atom. The molecule has 3 nitrogen and oxygen atoms in total. The zero-order chi connectivity index (χ0) is 13.5. The van der Waals surface area contributed by atoms with Crippen molar-refractivity contribution in [1.82, 2.24) is 9.97 Å². The molecule has 0 spiro atoms. The van der Waals surface area contributed by atoms with Crippen LogP contribution in [-0.2, 0) is 0 Å². The van der Waals surface area contributed by atoms with Crippen LogP contribution in [0.15, 0.2) is 24.3 Å². The highest BCUT2D eigenvalue weighted by Crippen LogP contribution is 2.16. The summed E-state index contributed by atoms with van der Waals surface area (Å²) in [6, 6.07) is 7.96. The number of fused-ring (bicyclic) bond motifs is 1. The predicted molar refractivity (Wildman–Crippen MR) is 82.0 cm³/mol. The Kier molecular flexibility index (Phi) is 5.40. The van der Waals surface area contributed by atoms with Crippen LogP contribution in [0.25, 0.3) is 11.0 Å². The molecule has 0 unspecified atom stereocenters. The van der Waals surface area contributed by atoms with Crippen LogP contribution in [-0.4, -0.2) is 22.4 Å². The molecule has 0 bridgehead atoms. The lowest BCUT2D eigenvalue weighted by atomic mass is 10.2. The first kappa shape index (κ1) is 14.1. The molecule has 1 heterocycles. The van der Waals surface area contributed by atoms with Gasteiger partial charge in [-0.3, -0.25) is 0 Å². The van der Waals surface area contributed by atoms with Crippen LogP contribution in [0.4, 0.5) is 5.82 Å². The van der Waals surface area contributed by atoms with Crippen LogP contribution >= 0.6 is 11.6 Å². The third-order valence-electron chi connectivity index (χ3n) is 3.10. The van der Waals surface area contributed by atoms with E-state index in [1.807, 2.05) is 31.2 Å². The quantitative estimate of drug-likeness (QED) is 0.610. The van der Waals surface area contributed by atoms with Crippen molar-refractivity contribution < 1.29 is 0 Å². The molecule has 1 aromatic heterocycles. The number of nitrogens with one attached hydrogen (secondary N) is 1. The highest BCUT2D eigenvalue weighted by molar-refractivity contribution is 6.17. The maximum absolute atomic E-state index is 5.65. The molecule has 4 heteroatoms. The van der Waals surface area contributed by atoms with Crippen molar-refractivity contribution >= 4 is 28.5 Å². The second-order valence-electron chi connectivity index (χ2n) is 4.68. The van der Waals surface area contributed by atoms with E-state index in [1.165, 1.54) is 12.8 Å². The van der Waals surface area contributed by atoms with E-state index in [0.29, 0.717) is 0 Å². The second kappa shape index (κ2) is 7.29. The highest BCUT2D eigenvalue weighted by atomic mass is 35.5. The van der Waals surface area contributed by atoms with Gasteiger partial charge in [-0.15, -0.1) is 11.6 Å². The molecule has 1 N–H and O–H groups in total. The summed E-state index contributed by atoms with van der Waals surface area (Å²) in [6.45, 7) is 2.94. The summed E-state index contributed by atoms with van der Waals surface area (Å²) < 4.78 is 0. The maximum Gasteiger partial charge on any atom is 0.148 e. The first-order valence-corrected chi connectivity index (χ1v) is 7.38. The minimum absolute atomic E-state index is 0.767. The van der Waals surface area contributed by atoms with Crippen molar-refractivity contribution in [2.24, 2.45) is 0 Å². The Balaban J connectivity index is 1.91. The number of anilines is 1. The Morgan fingerprint density at radius 1 is 1.00 bits per heavy atom. The summed E-state index contributed by atoms with van der Waals surface area (Å²) in [4.78, 5) is 9.18. The largest absolute Gasteiger partial charge is 0.369 e. The van der Waals surface area contributed by atoms with Crippen molar-refractivity contribution in [3.8, 4) is 0 Å². The van der Waals surface area contributed by atoms with Crippen molar-refractivity contribution in [2.45, 2.75) is 32.6 Å². The number of aromatic nitrogens is 2. The minimum atomic E-state index is 0.767. The van der Waals surface area contributed by atoms with Gasteiger partial charge in [0.25, 0.3) is 0 Å². The van der Waals surface area contributed by atoms with Gasteiger partial charge in [-0.2, -0.15) is 0 Å². The average molecular weight is 278 g/mol. The van der Waals surface area contributed by atoms with E-state index >= 15 is 0 Å². The number of halogens is 1. The third-order valence-corrected chi connectivity index (χ3v) is 3.36. The van der Waals surface area contributed by atoms with Gasteiger partial charge in [-0.1, -0.05) is 25.0 Å². The molecule has 0 aliphatic heterocycles. The lowest BCUT2D eigenvalue weighted by Gasteiger charge is -2.09. The lowest BCUT2D eigenvalue weighted by Crippen LogP contribution is -2.06. The molecule has 0 radical (unpaired) electrons. The fraction of sp³-hybridized carbons (Fsp3) is 0.467. The molecule has 19 heavy (non-hydrogen) atoms. The number of nitrogens with zero attached hydrogens (tertiary/aromatic N) is 2. The molecule has 0 fully saturated rings. The van der Waals surface area contributed by atoms with Gasteiger partial charge >= 0.3 is 0 Å². The number of aryl methyl sites for hydroxylation is 1. The van der Waals surface area contributed by atoms with Crippen LogP contribution in [0.2, 0.25) is 0 Å². The molecule has 0 aliphatic carbocycles. The van der Waals surface area contributed by atoms with Crippen LogP contribution in [0.3, 0.4) is 0 Å². The van der Waals surface area contributed by atoms with Gasteiger partial charge in [0.15, 0.2) is 0 Å². The smallest absolute Gasteiger partial charge is 0.148 e. The zero-order valence-corrected chi connectivity index (χ0v) is 12.1. The van der Waals surface area contributed by atoms with Gasteiger partial charge in [0.05, 0.1) is 16.7 Å². The summed E-state index contributed by atoms with van der Waals surface area (Å²) in [7, 11) is 0. The number of hydrogen-bond donors (Lipinski definition) is 1. The second-order valence-corrected chi connectivity index (χ2v) is 5.05. The summed E-state index contributed by atoms with van der Waals surface area (Å²) in [5.41, 5.74) is 2.85. The Bertz CT molecular complexity index is 528. The predicted octanol–water partition coefficient (Wildman–Crippen LogP) is 4.15. The van der Waals surface area contributed by atoms with Crippen molar-refractivity contribution in [3.63, 3.8) is 0 Å². The normalized spacial score (nSPS) is 10.8. The van der Waals surface area contributed by atoms with E-state index in [1.54, 1.807) is 0 Å². The highest BCUT2D eigenvalue weighted by Gasteiger charge is 2.03. The van der Waals surface area contributed by atoms with Crippen LogP contribution in [0, 0.1) is 6.92 Å². The standard InChI is InChI=1S/C15H20ClN3/c1-12-15(17-11-7-3-2-6-10-16)19-14-9-5-4-8-13(14)18-12/h4-5,8-9H,2-3,6-7,10-11H2,1H3,(H,17,19). The molecule has 0 atom stereocenters. The van der Waals surface area contributed by atoms with Crippen LogP contribution in [0.5, 0.6) is 0 Å². The Labute approximate surface area is 119 Å². The lowest BCUT2D eigenvalue weighted by molar-refractivity contribution is 0.686. The molecule has 2 aromatic rings. The Hall–Kier alpha value is -1.35. The first-order valence-electron chi connectivity index (χ1n) is 6.84. The van der Waals surface area contributed by atoms with Gasteiger partial charge in [0, 0.05) is 12.4 Å². The van der Waals surface area contributed by atoms with Crippen LogP contribution in [0.1, 0.15) is 31.4 Å². The Morgan fingerprint density at radius 3 is 2.42 bits per heavy atom. The number of rotatable bonds is 7.